The summed E-state index contributed by atoms with van der Waals surface area (Å²) in [7, 11) is 1.84. The van der Waals surface area contributed by atoms with Gasteiger partial charge in [-0.25, -0.2) is 0 Å². The molecule has 0 spiro atoms. The van der Waals surface area contributed by atoms with E-state index in [0.717, 1.165) is 37.8 Å². The predicted octanol–water partition coefficient (Wildman–Crippen LogP) is 6.97. The van der Waals surface area contributed by atoms with Crippen molar-refractivity contribution in [1.82, 2.24) is 4.90 Å². The van der Waals surface area contributed by atoms with Crippen molar-refractivity contribution in [3.8, 4) is 5.75 Å². The minimum absolute atomic E-state index is 0. The minimum atomic E-state index is 0. The van der Waals surface area contributed by atoms with Crippen LogP contribution in [0.4, 0.5) is 11.4 Å². The van der Waals surface area contributed by atoms with Gasteiger partial charge in [-0.05, 0) is 81.4 Å². The number of ether oxygens (including phenoxy) is 2. The van der Waals surface area contributed by atoms with Crippen LogP contribution in [0.3, 0.4) is 0 Å². The molecule has 212 valence electrons. The Bertz CT molecular complexity index is 832. The zero-order chi connectivity index (χ0) is 25.9. The molecule has 0 unspecified atom stereocenters. The molecule has 2 heterocycles. The van der Waals surface area contributed by atoms with Crippen molar-refractivity contribution in [2.75, 3.05) is 62.7 Å². The van der Waals surface area contributed by atoms with Crippen molar-refractivity contribution in [3.63, 3.8) is 0 Å². The van der Waals surface area contributed by atoms with Crippen molar-refractivity contribution < 1.29 is 9.47 Å². The number of methoxy groups -OCH3 is 1. The van der Waals surface area contributed by atoms with Gasteiger partial charge in [0.25, 0.3) is 0 Å². The SMILES string of the molecule is CCCCN1CCN(c2cc(OC)c(N3C[C@@H](C)O[C@@H](C)C3)cc2C2CCC(C(C)(C)C)CC2)CC1.Cl. The second-order valence-electron chi connectivity index (χ2n) is 12.8. The van der Waals surface area contributed by atoms with E-state index in [1.54, 1.807) is 5.56 Å². The lowest BCUT2D eigenvalue weighted by Crippen LogP contribution is -2.47. The zero-order valence-electron chi connectivity index (χ0n) is 24.7. The molecule has 0 amide bonds. The van der Waals surface area contributed by atoms with Gasteiger partial charge < -0.3 is 19.3 Å². The lowest BCUT2D eigenvalue weighted by Gasteiger charge is -2.42. The largest absolute Gasteiger partial charge is 0.495 e. The molecule has 0 aromatic heterocycles. The zero-order valence-corrected chi connectivity index (χ0v) is 25.5. The summed E-state index contributed by atoms with van der Waals surface area (Å²) in [5.74, 6) is 2.49. The third-order valence-electron chi connectivity index (χ3n) is 9.02. The van der Waals surface area contributed by atoms with E-state index in [9.17, 15) is 0 Å². The van der Waals surface area contributed by atoms with Gasteiger partial charge in [-0.2, -0.15) is 0 Å². The molecule has 0 radical (unpaired) electrons. The summed E-state index contributed by atoms with van der Waals surface area (Å²) >= 11 is 0. The maximum absolute atomic E-state index is 6.06. The van der Waals surface area contributed by atoms with Crippen molar-refractivity contribution >= 4 is 23.8 Å². The third kappa shape index (κ3) is 7.48. The van der Waals surface area contributed by atoms with E-state index in [2.05, 4.69) is 68.4 Å². The summed E-state index contributed by atoms with van der Waals surface area (Å²) in [5.41, 5.74) is 4.66. The van der Waals surface area contributed by atoms with Crippen molar-refractivity contribution in [2.45, 2.75) is 98.2 Å². The lowest BCUT2D eigenvalue weighted by molar-refractivity contribution is -0.00533. The highest BCUT2D eigenvalue weighted by atomic mass is 35.5. The molecular weight excluding hydrogens is 482 g/mol. The van der Waals surface area contributed by atoms with E-state index < -0.39 is 0 Å². The predicted molar refractivity (Wildman–Crippen MR) is 160 cm³/mol. The van der Waals surface area contributed by atoms with E-state index in [1.807, 2.05) is 7.11 Å². The molecule has 6 heteroatoms. The first-order valence-corrected chi connectivity index (χ1v) is 14.8. The van der Waals surface area contributed by atoms with Gasteiger partial charge in [0.2, 0.25) is 0 Å². The van der Waals surface area contributed by atoms with Gasteiger partial charge in [0.15, 0.2) is 0 Å². The van der Waals surface area contributed by atoms with Gasteiger partial charge >= 0.3 is 0 Å². The molecule has 2 aliphatic heterocycles. The number of piperazine rings is 1. The van der Waals surface area contributed by atoms with Crippen molar-refractivity contribution in [2.24, 2.45) is 11.3 Å². The molecule has 3 aliphatic rings. The van der Waals surface area contributed by atoms with E-state index in [4.69, 9.17) is 9.47 Å². The summed E-state index contributed by atoms with van der Waals surface area (Å²) in [6, 6.07) is 4.90. The molecule has 1 aromatic rings. The third-order valence-corrected chi connectivity index (χ3v) is 9.02. The Balaban J connectivity index is 0.00000380. The molecule has 5 nitrogen and oxygen atoms in total. The Labute approximate surface area is 233 Å². The fraction of sp³-hybridized carbons (Fsp3) is 0.806. The lowest BCUT2D eigenvalue weighted by atomic mass is 9.68. The van der Waals surface area contributed by atoms with Crippen molar-refractivity contribution in [1.29, 1.82) is 0 Å². The second kappa shape index (κ2) is 13.3. The van der Waals surface area contributed by atoms with Gasteiger partial charge in [0.05, 0.1) is 25.0 Å². The van der Waals surface area contributed by atoms with Gasteiger partial charge in [-0.1, -0.05) is 34.1 Å². The Morgan fingerprint density at radius 3 is 2.05 bits per heavy atom. The number of hydrogen-bond acceptors (Lipinski definition) is 5. The molecule has 1 saturated carbocycles. The van der Waals surface area contributed by atoms with Gasteiger partial charge in [-0.3, -0.25) is 4.90 Å². The molecule has 1 aromatic carbocycles. The number of nitrogens with zero attached hydrogens (tertiary/aromatic N) is 3. The van der Waals surface area contributed by atoms with Crippen LogP contribution in [0.25, 0.3) is 0 Å². The molecule has 2 saturated heterocycles. The molecule has 0 bridgehead atoms. The molecule has 0 N–H and O–H groups in total. The van der Waals surface area contributed by atoms with Crippen LogP contribution in [0.15, 0.2) is 12.1 Å². The van der Waals surface area contributed by atoms with E-state index >= 15 is 0 Å². The van der Waals surface area contributed by atoms with E-state index in [-0.39, 0.29) is 24.6 Å². The van der Waals surface area contributed by atoms with Crippen LogP contribution in [0.5, 0.6) is 5.75 Å². The normalized spacial score (nSPS) is 27.6. The van der Waals surface area contributed by atoms with Crippen LogP contribution in [0.1, 0.15) is 91.5 Å². The first-order chi connectivity index (χ1) is 17.2. The van der Waals surface area contributed by atoms with Crippen LogP contribution < -0.4 is 14.5 Å². The van der Waals surface area contributed by atoms with Crippen LogP contribution in [0.2, 0.25) is 0 Å². The first-order valence-electron chi connectivity index (χ1n) is 14.8. The smallest absolute Gasteiger partial charge is 0.144 e. The Kier molecular flexibility index (Phi) is 10.9. The highest BCUT2D eigenvalue weighted by molar-refractivity contribution is 5.85. The number of hydrogen-bond donors (Lipinski definition) is 0. The fourth-order valence-electron chi connectivity index (χ4n) is 6.82. The number of morpholine rings is 1. The maximum atomic E-state index is 6.06. The highest BCUT2D eigenvalue weighted by Gasteiger charge is 2.34. The summed E-state index contributed by atoms with van der Waals surface area (Å²) < 4.78 is 12.1. The number of rotatable bonds is 7. The summed E-state index contributed by atoms with van der Waals surface area (Å²) in [6.07, 6.45) is 8.33. The minimum Gasteiger partial charge on any atom is -0.495 e. The Morgan fingerprint density at radius 1 is 0.892 bits per heavy atom. The molecule has 37 heavy (non-hydrogen) atoms. The van der Waals surface area contributed by atoms with Gasteiger partial charge in [0.1, 0.15) is 5.75 Å². The fourth-order valence-corrected chi connectivity index (χ4v) is 6.82. The van der Waals surface area contributed by atoms with Gasteiger partial charge in [-0.15, -0.1) is 12.4 Å². The van der Waals surface area contributed by atoms with Crippen LogP contribution >= 0.6 is 12.4 Å². The van der Waals surface area contributed by atoms with E-state index in [0.29, 0.717) is 11.3 Å². The molecular formula is C31H54ClN3O2. The Morgan fingerprint density at radius 2 is 1.51 bits per heavy atom. The molecule has 3 fully saturated rings. The summed E-state index contributed by atoms with van der Waals surface area (Å²) in [5, 5.41) is 0. The van der Waals surface area contributed by atoms with E-state index in [1.165, 1.54) is 69.5 Å². The molecule has 2 atom stereocenters. The standard InChI is InChI=1S/C31H53N3O2.ClH/c1-8-9-14-32-15-17-33(18-16-32)28-20-30(35-7)29(34-21-23(2)36-24(3)22-34)19-27(28)25-10-12-26(13-11-25)31(4,5)6;/h19-20,23-26H,8-18,21-22H2,1-7H3;1H/t23-,24+,25?,26?;. The maximum Gasteiger partial charge on any atom is 0.144 e. The van der Waals surface area contributed by atoms with Gasteiger partial charge in [0, 0.05) is 51.0 Å². The highest BCUT2D eigenvalue weighted by Crippen LogP contribution is 2.48. The Hall–Kier alpha value is -1.17. The van der Waals surface area contributed by atoms with Crippen LogP contribution in [-0.4, -0.2) is 70.0 Å². The monoisotopic (exact) mass is 535 g/mol. The van der Waals surface area contributed by atoms with Crippen LogP contribution in [-0.2, 0) is 4.74 Å². The average molecular weight is 536 g/mol. The van der Waals surface area contributed by atoms with Crippen molar-refractivity contribution in [3.05, 3.63) is 17.7 Å². The quantitative estimate of drug-likeness (QED) is 0.376. The summed E-state index contributed by atoms with van der Waals surface area (Å²) in [6.45, 7) is 21.6. The first kappa shape index (κ1) is 30.4. The molecule has 4 rings (SSSR count). The summed E-state index contributed by atoms with van der Waals surface area (Å²) in [4.78, 5) is 7.81. The van der Waals surface area contributed by atoms with Crippen LogP contribution in [0, 0.1) is 11.3 Å². The number of anilines is 2. The second-order valence-corrected chi connectivity index (χ2v) is 12.8. The number of halogens is 1. The number of unbranched alkanes of at least 4 members (excludes halogenated alkanes) is 1. The topological polar surface area (TPSA) is 28.2 Å². The average Bonchev–Trinajstić information content (AvgIpc) is 2.86. The number of benzene rings is 1. The molecule has 1 aliphatic carbocycles.